The highest BCUT2D eigenvalue weighted by Crippen LogP contribution is 2.37. The van der Waals surface area contributed by atoms with E-state index in [4.69, 9.17) is 16.3 Å². The SMILES string of the molecule is FC(F)(F)c1cc(COCC2CNCC2c2ccccc2Cl)cc(C(F)(F)F)c1. The summed E-state index contributed by atoms with van der Waals surface area (Å²) in [5.74, 6) is 0.0544. The van der Waals surface area contributed by atoms with Crippen molar-refractivity contribution in [2.24, 2.45) is 5.92 Å². The lowest BCUT2D eigenvalue weighted by Crippen LogP contribution is -2.18. The summed E-state index contributed by atoms with van der Waals surface area (Å²) in [5.41, 5.74) is -1.93. The van der Waals surface area contributed by atoms with Crippen LogP contribution < -0.4 is 5.32 Å². The van der Waals surface area contributed by atoms with E-state index in [-0.39, 0.29) is 36.7 Å². The summed E-state index contributed by atoms with van der Waals surface area (Å²) in [6.07, 6.45) is -9.75. The van der Waals surface area contributed by atoms with Crippen LogP contribution in [0.3, 0.4) is 0 Å². The molecule has 2 nitrogen and oxygen atoms in total. The van der Waals surface area contributed by atoms with Crippen molar-refractivity contribution < 1.29 is 31.1 Å². The molecule has 1 heterocycles. The number of ether oxygens (including phenoxy) is 1. The predicted molar refractivity (Wildman–Crippen MR) is 96.7 cm³/mol. The molecule has 2 unspecified atom stereocenters. The van der Waals surface area contributed by atoms with E-state index in [0.717, 1.165) is 5.56 Å². The van der Waals surface area contributed by atoms with Crippen molar-refractivity contribution in [1.29, 1.82) is 0 Å². The number of alkyl halides is 6. The van der Waals surface area contributed by atoms with Gasteiger partial charge in [0, 0.05) is 29.9 Å². The van der Waals surface area contributed by atoms with Crippen LogP contribution in [-0.2, 0) is 23.7 Å². The van der Waals surface area contributed by atoms with Gasteiger partial charge >= 0.3 is 12.4 Å². The number of hydrogen-bond donors (Lipinski definition) is 1. The molecule has 0 radical (unpaired) electrons. The monoisotopic (exact) mass is 437 g/mol. The summed E-state index contributed by atoms with van der Waals surface area (Å²) < 4.78 is 83.2. The Labute approximate surface area is 168 Å². The van der Waals surface area contributed by atoms with Gasteiger partial charge in [-0.05, 0) is 35.4 Å². The van der Waals surface area contributed by atoms with E-state index in [1.54, 1.807) is 6.07 Å². The van der Waals surface area contributed by atoms with Gasteiger partial charge < -0.3 is 10.1 Å². The zero-order valence-electron chi connectivity index (χ0n) is 15.1. The van der Waals surface area contributed by atoms with Crippen molar-refractivity contribution in [2.75, 3.05) is 19.7 Å². The molecule has 2 aromatic rings. The second-order valence-corrected chi connectivity index (χ2v) is 7.38. The Morgan fingerprint density at radius 1 is 0.931 bits per heavy atom. The van der Waals surface area contributed by atoms with E-state index >= 15 is 0 Å². The van der Waals surface area contributed by atoms with Gasteiger partial charge in [0.15, 0.2) is 0 Å². The minimum atomic E-state index is -4.87. The molecule has 1 aliphatic rings. The molecule has 2 aromatic carbocycles. The van der Waals surface area contributed by atoms with Gasteiger partial charge in [-0.1, -0.05) is 29.8 Å². The maximum atomic E-state index is 13.0. The fourth-order valence-corrected chi connectivity index (χ4v) is 3.75. The molecule has 1 saturated heterocycles. The van der Waals surface area contributed by atoms with Crippen LogP contribution in [0.5, 0.6) is 0 Å². The third-order valence-corrected chi connectivity index (χ3v) is 5.24. The second-order valence-electron chi connectivity index (χ2n) is 6.98. The highest BCUT2D eigenvalue weighted by Gasteiger charge is 2.37. The number of benzene rings is 2. The van der Waals surface area contributed by atoms with Crippen LogP contribution in [-0.4, -0.2) is 19.7 Å². The Morgan fingerprint density at radius 3 is 2.14 bits per heavy atom. The Bertz CT molecular complexity index is 819. The lowest BCUT2D eigenvalue weighted by Gasteiger charge is -2.20. The maximum absolute atomic E-state index is 13.0. The van der Waals surface area contributed by atoms with Crippen LogP contribution in [0.15, 0.2) is 42.5 Å². The molecule has 0 spiro atoms. The largest absolute Gasteiger partial charge is 0.416 e. The Hall–Kier alpha value is -1.77. The molecule has 158 valence electrons. The number of nitrogens with one attached hydrogen (secondary N) is 1. The molecule has 1 aliphatic heterocycles. The molecule has 0 amide bonds. The molecule has 0 aromatic heterocycles. The highest BCUT2D eigenvalue weighted by molar-refractivity contribution is 6.31. The van der Waals surface area contributed by atoms with Gasteiger partial charge in [0.25, 0.3) is 0 Å². The average molecular weight is 438 g/mol. The minimum absolute atomic E-state index is 0.00258. The summed E-state index contributed by atoms with van der Waals surface area (Å²) in [6, 6.07) is 8.83. The molecule has 0 aliphatic carbocycles. The first-order valence-electron chi connectivity index (χ1n) is 8.87. The fraction of sp³-hybridized carbons (Fsp3) is 0.400. The van der Waals surface area contributed by atoms with Crippen LogP contribution >= 0.6 is 11.6 Å². The summed E-state index contributed by atoms with van der Waals surface area (Å²) >= 11 is 6.24. The van der Waals surface area contributed by atoms with Crippen LogP contribution in [0.1, 0.15) is 28.2 Å². The summed E-state index contributed by atoms with van der Waals surface area (Å²) in [4.78, 5) is 0. The van der Waals surface area contributed by atoms with Gasteiger partial charge in [-0.2, -0.15) is 26.3 Å². The molecule has 3 rings (SSSR count). The topological polar surface area (TPSA) is 21.3 Å². The minimum Gasteiger partial charge on any atom is -0.376 e. The Kier molecular flexibility index (Phi) is 6.45. The first-order valence-corrected chi connectivity index (χ1v) is 9.25. The third-order valence-electron chi connectivity index (χ3n) is 4.89. The molecule has 1 N–H and O–H groups in total. The van der Waals surface area contributed by atoms with Gasteiger partial charge in [0.1, 0.15) is 0 Å². The zero-order valence-corrected chi connectivity index (χ0v) is 15.8. The van der Waals surface area contributed by atoms with Crippen molar-refractivity contribution in [3.05, 3.63) is 69.7 Å². The Morgan fingerprint density at radius 2 is 1.55 bits per heavy atom. The lowest BCUT2D eigenvalue weighted by molar-refractivity contribution is -0.143. The van der Waals surface area contributed by atoms with Crippen molar-refractivity contribution >= 4 is 11.6 Å². The normalized spacial score (nSPS) is 20.2. The third kappa shape index (κ3) is 5.43. The molecular formula is C20H18ClF6NO. The van der Waals surface area contributed by atoms with Crippen LogP contribution in [0, 0.1) is 5.92 Å². The number of hydrogen-bond acceptors (Lipinski definition) is 2. The smallest absolute Gasteiger partial charge is 0.376 e. The van der Waals surface area contributed by atoms with Gasteiger partial charge in [0.05, 0.1) is 24.3 Å². The second kappa shape index (κ2) is 8.53. The number of halogens is 7. The predicted octanol–water partition coefficient (Wildman–Crippen LogP) is 5.90. The van der Waals surface area contributed by atoms with Crippen LogP contribution in [0.2, 0.25) is 5.02 Å². The molecule has 9 heteroatoms. The van der Waals surface area contributed by atoms with Crippen molar-refractivity contribution in [1.82, 2.24) is 5.32 Å². The molecule has 29 heavy (non-hydrogen) atoms. The van der Waals surface area contributed by atoms with Gasteiger partial charge in [-0.3, -0.25) is 0 Å². The van der Waals surface area contributed by atoms with Crippen LogP contribution in [0.4, 0.5) is 26.3 Å². The van der Waals surface area contributed by atoms with Crippen LogP contribution in [0.25, 0.3) is 0 Å². The maximum Gasteiger partial charge on any atom is 0.416 e. The molecule has 0 bridgehead atoms. The fourth-order valence-electron chi connectivity index (χ4n) is 3.48. The van der Waals surface area contributed by atoms with E-state index in [1.807, 2.05) is 18.2 Å². The van der Waals surface area contributed by atoms with E-state index in [9.17, 15) is 26.3 Å². The van der Waals surface area contributed by atoms with Crippen molar-refractivity contribution in [2.45, 2.75) is 24.9 Å². The van der Waals surface area contributed by atoms with E-state index in [0.29, 0.717) is 30.2 Å². The highest BCUT2D eigenvalue weighted by atomic mass is 35.5. The molecule has 1 fully saturated rings. The summed E-state index contributed by atoms with van der Waals surface area (Å²) in [6.45, 7) is 1.12. The van der Waals surface area contributed by atoms with Crippen molar-refractivity contribution in [3.8, 4) is 0 Å². The molecule has 0 saturated carbocycles. The average Bonchev–Trinajstić information content (AvgIpc) is 3.09. The Balaban J connectivity index is 1.70. The summed E-state index contributed by atoms with van der Waals surface area (Å²) in [5, 5.41) is 3.83. The van der Waals surface area contributed by atoms with Gasteiger partial charge in [-0.25, -0.2) is 0 Å². The van der Waals surface area contributed by atoms with E-state index in [2.05, 4.69) is 5.32 Å². The van der Waals surface area contributed by atoms with E-state index < -0.39 is 23.5 Å². The molecule has 2 atom stereocenters. The van der Waals surface area contributed by atoms with Crippen molar-refractivity contribution in [3.63, 3.8) is 0 Å². The molecular weight excluding hydrogens is 420 g/mol. The van der Waals surface area contributed by atoms with E-state index in [1.165, 1.54) is 0 Å². The van der Waals surface area contributed by atoms with Gasteiger partial charge in [-0.15, -0.1) is 0 Å². The first-order chi connectivity index (χ1) is 13.6. The standard InChI is InChI=1S/C20H18ClF6NO/c21-18-4-2-1-3-16(18)17-9-28-8-13(17)11-29-10-12-5-14(19(22,23)24)7-15(6-12)20(25,26)27/h1-7,13,17,28H,8-11H2. The van der Waals surface area contributed by atoms with Gasteiger partial charge in [0.2, 0.25) is 0 Å². The first kappa shape index (κ1) is 21.9. The number of rotatable bonds is 5. The summed E-state index contributed by atoms with van der Waals surface area (Å²) in [7, 11) is 0. The quantitative estimate of drug-likeness (QED) is 0.588. The zero-order chi connectivity index (χ0) is 21.2. The lowest BCUT2D eigenvalue weighted by atomic mass is 9.89.